The Bertz CT molecular complexity index is 1080. The summed E-state index contributed by atoms with van der Waals surface area (Å²) in [6.07, 6.45) is 1.60. The Kier molecular flexibility index (Phi) is 7.40. The van der Waals surface area contributed by atoms with Crippen molar-refractivity contribution in [2.75, 3.05) is 14.2 Å². The molecule has 8 heteroatoms. The van der Waals surface area contributed by atoms with Crippen molar-refractivity contribution in [1.29, 1.82) is 0 Å². The molecule has 2 amide bonds. The van der Waals surface area contributed by atoms with Gasteiger partial charge in [-0.3, -0.25) is 9.59 Å². The molecular weight excluding hydrogens is 419 g/mol. The number of carbonyl (C=O) groups is 2. The van der Waals surface area contributed by atoms with Crippen molar-refractivity contribution in [1.82, 2.24) is 10.6 Å². The lowest BCUT2D eigenvalue weighted by Gasteiger charge is -2.13. The number of hydrogen-bond donors (Lipinski definition) is 2. The molecule has 0 aliphatic carbocycles. The third kappa shape index (κ3) is 5.93. The van der Waals surface area contributed by atoms with Gasteiger partial charge >= 0.3 is 0 Å². The van der Waals surface area contributed by atoms with Crippen LogP contribution in [0.15, 0.2) is 65.7 Å². The maximum Gasteiger partial charge on any atom is 0.268 e. The van der Waals surface area contributed by atoms with Gasteiger partial charge in [0.05, 0.1) is 14.2 Å². The lowest BCUT2D eigenvalue weighted by molar-refractivity contribution is -0.117. The smallest absolute Gasteiger partial charge is 0.268 e. The minimum atomic E-state index is -0.472. The van der Waals surface area contributed by atoms with Crippen molar-refractivity contribution in [3.8, 4) is 11.5 Å². The third-order valence-electron chi connectivity index (χ3n) is 4.33. The van der Waals surface area contributed by atoms with E-state index in [2.05, 4.69) is 10.6 Å². The van der Waals surface area contributed by atoms with E-state index in [1.165, 1.54) is 43.8 Å². The first-order valence-electron chi connectivity index (χ1n) is 9.31. The van der Waals surface area contributed by atoms with Gasteiger partial charge in [-0.15, -0.1) is 11.3 Å². The van der Waals surface area contributed by atoms with Crippen molar-refractivity contribution in [2.24, 2.45) is 0 Å². The number of carbonyl (C=O) groups excluding carboxylic acids is 2. The molecule has 2 aromatic carbocycles. The number of nitrogens with one attached hydrogen (secondary N) is 2. The zero-order chi connectivity index (χ0) is 22.2. The topological polar surface area (TPSA) is 76.7 Å². The SMILES string of the molecule is COc1ccc(C(=O)N/C(=C\c2cccs2)C(=O)NCc2ccc(F)cc2)cc1OC. The molecule has 2 N–H and O–H groups in total. The van der Waals surface area contributed by atoms with Gasteiger partial charge in [-0.25, -0.2) is 4.39 Å². The van der Waals surface area contributed by atoms with Crippen molar-refractivity contribution < 1.29 is 23.5 Å². The number of thiophene rings is 1. The molecule has 1 aromatic heterocycles. The van der Waals surface area contributed by atoms with E-state index < -0.39 is 11.8 Å². The van der Waals surface area contributed by atoms with Gasteiger partial charge in [0.1, 0.15) is 11.5 Å². The fourth-order valence-electron chi connectivity index (χ4n) is 2.73. The van der Waals surface area contributed by atoms with E-state index in [-0.39, 0.29) is 18.1 Å². The lowest BCUT2D eigenvalue weighted by Crippen LogP contribution is -2.34. The first kappa shape index (κ1) is 22.0. The molecular formula is C23H21FN2O4S. The van der Waals surface area contributed by atoms with Crippen LogP contribution in [0, 0.1) is 5.82 Å². The summed E-state index contributed by atoms with van der Waals surface area (Å²) in [7, 11) is 2.98. The summed E-state index contributed by atoms with van der Waals surface area (Å²) < 4.78 is 23.5. The van der Waals surface area contributed by atoms with E-state index in [0.717, 1.165) is 10.4 Å². The second-order valence-corrected chi connectivity index (χ2v) is 7.39. The average Bonchev–Trinajstić information content (AvgIpc) is 3.30. The second-order valence-electron chi connectivity index (χ2n) is 6.41. The monoisotopic (exact) mass is 440 g/mol. The highest BCUT2D eigenvalue weighted by Gasteiger charge is 2.16. The fourth-order valence-corrected chi connectivity index (χ4v) is 3.38. The largest absolute Gasteiger partial charge is 0.493 e. The van der Waals surface area contributed by atoms with Gasteiger partial charge in [-0.2, -0.15) is 0 Å². The quantitative estimate of drug-likeness (QED) is 0.520. The van der Waals surface area contributed by atoms with Crippen LogP contribution in [0.5, 0.6) is 11.5 Å². The van der Waals surface area contributed by atoms with Gasteiger partial charge in [-0.05, 0) is 53.4 Å². The summed E-state index contributed by atoms with van der Waals surface area (Å²) in [6, 6.07) is 14.2. The second kappa shape index (κ2) is 10.4. The third-order valence-corrected chi connectivity index (χ3v) is 5.15. The molecule has 0 aliphatic rings. The standard InChI is InChI=1S/C23H21FN2O4S/c1-29-20-10-7-16(12-21(20)30-2)22(27)26-19(13-18-4-3-11-31-18)23(28)25-14-15-5-8-17(24)9-6-15/h3-13H,14H2,1-2H3,(H,25,28)(H,26,27)/b19-13-. The Morgan fingerprint density at radius 1 is 1.03 bits per heavy atom. The Hall–Kier alpha value is -3.65. The molecule has 0 radical (unpaired) electrons. The Labute approximate surface area is 183 Å². The average molecular weight is 440 g/mol. The zero-order valence-corrected chi connectivity index (χ0v) is 17.8. The number of amides is 2. The van der Waals surface area contributed by atoms with Crippen LogP contribution in [-0.2, 0) is 11.3 Å². The van der Waals surface area contributed by atoms with Crippen LogP contribution >= 0.6 is 11.3 Å². The highest BCUT2D eigenvalue weighted by atomic mass is 32.1. The minimum Gasteiger partial charge on any atom is -0.493 e. The van der Waals surface area contributed by atoms with E-state index in [4.69, 9.17) is 9.47 Å². The predicted octanol–water partition coefficient (Wildman–Crippen LogP) is 3.99. The maximum atomic E-state index is 13.1. The van der Waals surface area contributed by atoms with Crippen molar-refractivity contribution in [3.05, 3.63) is 87.5 Å². The van der Waals surface area contributed by atoms with Gasteiger partial charge in [0.2, 0.25) is 0 Å². The number of methoxy groups -OCH3 is 2. The zero-order valence-electron chi connectivity index (χ0n) is 17.0. The van der Waals surface area contributed by atoms with Gasteiger partial charge in [0.15, 0.2) is 11.5 Å². The van der Waals surface area contributed by atoms with Crippen LogP contribution in [0.3, 0.4) is 0 Å². The summed E-state index contributed by atoms with van der Waals surface area (Å²) in [6.45, 7) is 0.188. The molecule has 0 spiro atoms. The highest BCUT2D eigenvalue weighted by Crippen LogP contribution is 2.27. The van der Waals surface area contributed by atoms with Gasteiger partial charge in [0.25, 0.3) is 11.8 Å². The maximum absolute atomic E-state index is 13.1. The molecule has 0 unspecified atom stereocenters. The Morgan fingerprint density at radius 3 is 2.42 bits per heavy atom. The predicted molar refractivity (Wildman–Crippen MR) is 118 cm³/mol. The molecule has 0 bridgehead atoms. The number of hydrogen-bond acceptors (Lipinski definition) is 5. The van der Waals surface area contributed by atoms with Crippen LogP contribution < -0.4 is 20.1 Å². The van der Waals surface area contributed by atoms with Crippen molar-refractivity contribution in [3.63, 3.8) is 0 Å². The summed E-state index contributed by atoms with van der Waals surface area (Å²) in [5, 5.41) is 7.28. The van der Waals surface area contributed by atoms with Crippen LogP contribution in [-0.4, -0.2) is 26.0 Å². The normalized spacial score (nSPS) is 11.0. The molecule has 0 saturated carbocycles. The van der Waals surface area contributed by atoms with Crippen LogP contribution in [0.25, 0.3) is 6.08 Å². The van der Waals surface area contributed by atoms with E-state index in [9.17, 15) is 14.0 Å². The van der Waals surface area contributed by atoms with Crippen molar-refractivity contribution >= 4 is 29.2 Å². The van der Waals surface area contributed by atoms with Gasteiger partial charge < -0.3 is 20.1 Å². The van der Waals surface area contributed by atoms with E-state index in [1.54, 1.807) is 30.3 Å². The van der Waals surface area contributed by atoms with E-state index in [1.807, 2.05) is 17.5 Å². The van der Waals surface area contributed by atoms with Gasteiger partial charge in [-0.1, -0.05) is 18.2 Å². The first-order valence-corrected chi connectivity index (χ1v) is 10.2. The van der Waals surface area contributed by atoms with E-state index >= 15 is 0 Å². The van der Waals surface area contributed by atoms with Crippen LogP contribution in [0.4, 0.5) is 4.39 Å². The van der Waals surface area contributed by atoms with Crippen molar-refractivity contribution in [2.45, 2.75) is 6.54 Å². The first-order chi connectivity index (χ1) is 15.0. The molecule has 3 aromatic rings. The van der Waals surface area contributed by atoms with Crippen LogP contribution in [0.2, 0.25) is 0 Å². The number of ether oxygens (including phenoxy) is 2. The molecule has 6 nitrogen and oxygen atoms in total. The number of rotatable bonds is 8. The molecule has 160 valence electrons. The molecule has 0 saturated heterocycles. The molecule has 0 aliphatic heterocycles. The fraction of sp³-hybridized carbons (Fsp3) is 0.130. The van der Waals surface area contributed by atoms with Crippen LogP contribution in [0.1, 0.15) is 20.8 Å². The highest BCUT2D eigenvalue weighted by molar-refractivity contribution is 7.10. The summed E-state index contributed by atoms with van der Waals surface area (Å²) >= 11 is 1.43. The molecule has 0 fully saturated rings. The van der Waals surface area contributed by atoms with Gasteiger partial charge in [0, 0.05) is 17.0 Å². The lowest BCUT2D eigenvalue weighted by atomic mass is 10.1. The summed E-state index contributed by atoms with van der Waals surface area (Å²) in [5.41, 5.74) is 1.13. The summed E-state index contributed by atoms with van der Waals surface area (Å²) in [5.74, 6) is -0.395. The minimum absolute atomic E-state index is 0.0874. The van der Waals surface area contributed by atoms with E-state index in [0.29, 0.717) is 17.1 Å². The summed E-state index contributed by atoms with van der Waals surface area (Å²) in [4.78, 5) is 26.4. The molecule has 1 heterocycles. The molecule has 31 heavy (non-hydrogen) atoms. The number of benzene rings is 2. The number of halogens is 1. The molecule has 0 atom stereocenters. The Morgan fingerprint density at radius 2 is 1.77 bits per heavy atom. The Balaban J connectivity index is 1.78. The molecule has 3 rings (SSSR count).